The lowest BCUT2D eigenvalue weighted by Crippen LogP contribution is -2.50. The van der Waals surface area contributed by atoms with Crippen LogP contribution in [0.3, 0.4) is 0 Å². The Labute approximate surface area is 182 Å². The van der Waals surface area contributed by atoms with Gasteiger partial charge in [0.05, 0.1) is 24.0 Å². The molecule has 1 N–H and O–H groups in total. The lowest BCUT2D eigenvalue weighted by molar-refractivity contribution is -0.119. The van der Waals surface area contributed by atoms with Gasteiger partial charge in [-0.3, -0.25) is 4.79 Å². The number of amides is 1. The molecule has 3 aromatic rings. The van der Waals surface area contributed by atoms with Crippen LogP contribution in [0.25, 0.3) is 0 Å². The van der Waals surface area contributed by atoms with E-state index in [1.165, 1.54) is 7.11 Å². The molecule has 1 heterocycles. The average Bonchev–Trinajstić information content (AvgIpc) is 2.81. The van der Waals surface area contributed by atoms with Gasteiger partial charge in [0.1, 0.15) is 6.04 Å². The number of methoxy groups -OCH3 is 1. The molecule has 1 aliphatic heterocycles. The zero-order valence-electron chi connectivity index (χ0n) is 17.8. The molecule has 0 saturated heterocycles. The monoisotopic (exact) mass is 415 g/mol. The third-order valence-corrected chi connectivity index (χ3v) is 5.59. The summed E-state index contributed by atoms with van der Waals surface area (Å²) in [5.41, 5.74) is 5.28. The Morgan fingerprint density at radius 3 is 2.32 bits per heavy atom. The maximum absolute atomic E-state index is 12.8. The van der Waals surface area contributed by atoms with Gasteiger partial charge in [0.15, 0.2) is 0 Å². The number of hydrogen-bond donors (Lipinski definition) is 1. The van der Waals surface area contributed by atoms with E-state index in [0.717, 1.165) is 28.3 Å². The zero-order chi connectivity index (χ0) is 22.0. The van der Waals surface area contributed by atoms with E-state index in [1.54, 1.807) is 17.0 Å². The van der Waals surface area contributed by atoms with Crippen molar-refractivity contribution in [1.82, 2.24) is 0 Å². The molecule has 0 bridgehead atoms. The van der Waals surface area contributed by atoms with E-state index in [0.29, 0.717) is 12.1 Å². The van der Waals surface area contributed by atoms with Gasteiger partial charge in [-0.05, 0) is 55.0 Å². The van der Waals surface area contributed by atoms with E-state index in [1.807, 2.05) is 56.4 Å². The number of nitrogens with one attached hydrogen (secondary N) is 1. The zero-order valence-corrected chi connectivity index (χ0v) is 17.8. The predicted octanol–water partition coefficient (Wildman–Crippen LogP) is 4.59. The second-order valence-electron chi connectivity index (χ2n) is 7.58. The molecule has 1 atom stereocenters. The first-order valence-electron chi connectivity index (χ1n) is 10.2. The molecular formula is C25H25N3O3. The summed E-state index contributed by atoms with van der Waals surface area (Å²) in [5.74, 6) is -0.291. The smallest absolute Gasteiger partial charge is 0.337 e. The van der Waals surface area contributed by atoms with Crippen molar-refractivity contribution in [2.24, 2.45) is 0 Å². The first kappa shape index (κ1) is 20.5. The molecule has 0 aliphatic carbocycles. The van der Waals surface area contributed by atoms with E-state index in [4.69, 9.17) is 4.74 Å². The summed E-state index contributed by atoms with van der Waals surface area (Å²) in [7, 11) is 3.18. The lowest BCUT2D eigenvalue weighted by Gasteiger charge is -2.40. The number of likely N-dealkylation sites (N-methyl/N-ethyl adjacent to an activating group) is 1. The molecule has 1 amide bonds. The SMILES string of the molecule is COC(=O)c1ccc(Nc2ccc3c(c2)N(Cc2ccccc2)C(C)C(=O)N3C)cc1. The molecule has 0 saturated carbocycles. The van der Waals surface area contributed by atoms with Crippen molar-refractivity contribution < 1.29 is 14.3 Å². The topological polar surface area (TPSA) is 61.9 Å². The highest BCUT2D eigenvalue weighted by Gasteiger charge is 2.33. The number of benzene rings is 3. The van der Waals surface area contributed by atoms with Crippen molar-refractivity contribution >= 4 is 34.6 Å². The summed E-state index contributed by atoms with van der Waals surface area (Å²) in [6.07, 6.45) is 0. The molecule has 158 valence electrons. The number of carbonyl (C=O) groups is 2. The van der Waals surface area contributed by atoms with Crippen molar-refractivity contribution in [2.75, 3.05) is 29.3 Å². The Hall–Kier alpha value is -3.80. The Bertz CT molecular complexity index is 1100. The molecule has 4 rings (SSSR count). The van der Waals surface area contributed by atoms with Crippen LogP contribution in [-0.2, 0) is 16.1 Å². The van der Waals surface area contributed by atoms with Crippen LogP contribution in [-0.4, -0.2) is 32.1 Å². The van der Waals surface area contributed by atoms with E-state index in [-0.39, 0.29) is 17.9 Å². The third-order valence-electron chi connectivity index (χ3n) is 5.59. The largest absolute Gasteiger partial charge is 0.465 e. The van der Waals surface area contributed by atoms with Gasteiger partial charge in [-0.1, -0.05) is 30.3 Å². The summed E-state index contributed by atoms with van der Waals surface area (Å²) in [6, 6.07) is 23.0. The van der Waals surface area contributed by atoms with Gasteiger partial charge < -0.3 is 19.9 Å². The highest BCUT2D eigenvalue weighted by Crippen LogP contribution is 2.39. The molecule has 0 spiro atoms. The predicted molar refractivity (Wildman–Crippen MR) is 123 cm³/mol. The Morgan fingerprint density at radius 1 is 0.968 bits per heavy atom. The number of hydrogen-bond acceptors (Lipinski definition) is 5. The van der Waals surface area contributed by atoms with Gasteiger partial charge >= 0.3 is 5.97 Å². The average molecular weight is 415 g/mol. The number of nitrogens with zero attached hydrogens (tertiary/aromatic N) is 2. The maximum Gasteiger partial charge on any atom is 0.337 e. The van der Waals surface area contributed by atoms with Crippen molar-refractivity contribution in [3.05, 3.63) is 83.9 Å². The van der Waals surface area contributed by atoms with E-state index in [9.17, 15) is 9.59 Å². The number of rotatable bonds is 5. The minimum atomic E-state index is -0.362. The van der Waals surface area contributed by atoms with Crippen molar-refractivity contribution in [3.63, 3.8) is 0 Å². The first-order valence-corrected chi connectivity index (χ1v) is 10.2. The lowest BCUT2D eigenvalue weighted by atomic mass is 10.0. The van der Waals surface area contributed by atoms with Gasteiger partial charge in [0.2, 0.25) is 5.91 Å². The normalized spacial score (nSPS) is 15.5. The standard InChI is InChI=1S/C25H25N3O3/c1-17-24(29)27(2)22-14-13-21(26-20-11-9-19(10-12-20)25(30)31-3)15-23(22)28(17)16-18-7-5-4-6-8-18/h4-15,17,26H,16H2,1-3H3. The highest BCUT2D eigenvalue weighted by molar-refractivity contribution is 6.05. The number of ether oxygens (including phenoxy) is 1. The van der Waals surface area contributed by atoms with Crippen LogP contribution < -0.4 is 15.1 Å². The fourth-order valence-corrected chi connectivity index (χ4v) is 3.83. The molecular weight excluding hydrogens is 390 g/mol. The van der Waals surface area contributed by atoms with Gasteiger partial charge in [0.25, 0.3) is 0 Å². The summed E-state index contributed by atoms with van der Waals surface area (Å²) in [6.45, 7) is 2.59. The fourth-order valence-electron chi connectivity index (χ4n) is 3.83. The molecule has 31 heavy (non-hydrogen) atoms. The van der Waals surface area contributed by atoms with E-state index < -0.39 is 0 Å². The summed E-state index contributed by atoms with van der Waals surface area (Å²) in [5, 5.41) is 3.38. The minimum Gasteiger partial charge on any atom is -0.465 e. The van der Waals surface area contributed by atoms with Crippen LogP contribution in [0.4, 0.5) is 22.7 Å². The van der Waals surface area contributed by atoms with Crippen LogP contribution in [0.15, 0.2) is 72.8 Å². The van der Waals surface area contributed by atoms with Crippen LogP contribution >= 0.6 is 0 Å². The molecule has 1 aliphatic rings. The maximum atomic E-state index is 12.8. The Kier molecular flexibility index (Phi) is 5.62. The quantitative estimate of drug-likeness (QED) is 0.618. The minimum absolute atomic E-state index is 0.0718. The van der Waals surface area contributed by atoms with E-state index >= 15 is 0 Å². The fraction of sp³-hybridized carbons (Fsp3) is 0.200. The Morgan fingerprint density at radius 2 is 1.65 bits per heavy atom. The molecule has 1 unspecified atom stereocenters. The van der Waals surface area contributed by atoms with Crippen LogP contribution in [0.5, 0.6) is 0 Å². The van der Waals surface area contributed by atoms with Crippen molar-refractivity contribution in [3.8, 4) is 0 Å². The number of esters is 1. The molecule has 6 heteroatoms. The third kappa shape index (κ3) is 4.10. The number of fused-ring (bicyclic) bond motifs is 1. The van der Waals surface area contributed by atoms with Gasteiger partial charge in [-0.25, -0.2) is 4.79 Å². The molecule has 6 nitrogen and oxygen atoms in total. The molecule has 0 aromatic heterocycles. The van der Waals surface area contributed by atoms with Crippen molar-refractivity contribution in [2.45, 2.75) is 19.5 Å². The Balaban J connectivity index is 1.64. The first-order chi connectivity index (χ1) is 15.0. The number of carbonyl (C=O) groups excluding carboxylic acids is 2. The summed E-state index contributed by atoms with van der Waals surface area (Å²) >= 11 is 0. The van der Waals surface area contributed by atoms with Crippen LogP contribution in [0, 0.1) is 0 Å². The van der Waals surface area contributed by atoms with Crippen molar-refractivity contribution in [1.29, 1.82) is 0 Å². The number of anilines is 4. The second-order valence-corrected chi connectivity index (χ2v) is 7.58. The molecule has 3 aromatic carbocycles. The highest BCUT2D eigenvalue weighted by atomic mass is 16.5. The molecule has 0 fully saturated rings. The summed E-state index contributed by atoms with van der Waals surface area (Å²) < 4.78 is 4.75. The van der Waals surface area contributed by atoms with Gasteiger partial charge in [-0.15, -0.1) is 0 Å². The van der Waals surface area contributed by atoms with Crippen LogP contribution in [0.1, 0.15) is 22.8 Å². The second kappa shape index (κ2) is 8.52. The van der Waals surface area contributed by atoms with E-state index in [2.05, 4.69) is 28.4 Å². The summed E-state index contributed by atoms with van der Waals surface area (Å²) in [4.78, 5) is 28.3. The van der Waals surface area contributed by atoms with Gasteiger partial charge in [0, 0.05) is 25.0 Å². The van der Waals surface area contributed by atoms with Crippen LogP contribution in [0.2, 0.25) is 0 Å². The molecule has 0 radical (unpaired) electrons. The van der Waals surface area contributed by atoms with Gasteiger partial charge in [-0.2, -0.15) is 0 Å².